The van der Waals surface area contributed by atoms with Crippen LogP contribution in [0.15, 0.2) is 52.1 Å². The van der Waals surface area contributed by atoms with E-state index in [1.807, 2.05) is 45.9 Å². The maximum Gasteiger partial charge on any atom is 0.332 e. The highest BCUT2D eigenvalue weighted by molar-refractivity contribution is 5.92. The molecule has 28 heavy (non-hydrogen) atoms. The van der Waals surface area contributed by atoms with E-state index in [-0.39, 0.29) is 24.1 Å². The van der Waals surface area contributed by atoms with Gasteiger partial charge in [0.2, 0.25) is 5.91 Å². The lowest BCUT2D eigenvalue weighted by molar-refractivity contribution is -0.116. The summed E-state index contributed by atoms with van der Waals surface area (Å²) in [6.45, 7) is 7.50. The van der Waals surface area contributed by atoms with Gasteiger partial charge in [-0.15, -0.1) is 0 Å². The maximum atomic E-state index is 13.0. The molecule has 1 heterocycles. The minimum absolute atomic E-state index is 0.163. The second kappa shape index (κ2) is 7.84. The van der Waals surface area contributed by atoms with Crippen LogP contribution in [0.2, 0.25) is 0 Å². The van der Waals surface area contributed by atoms with Crippen molar-refractivity contribution in [3.05, 3.63) is 74.4 Å². The number of hydrogen-bond donors (Lipinski definition) is 1. The average Bonchev–Trinajstić information content (AvgIpc) is 2.67. The number of rotatable bonds is 5. The molecule has 1 N–H and O–H groups in total. The van der Waals surface area contributed by atoms with Gasteiger partial charge in [0.25, 0.3) is 5.56 Å². The molecule has 2 aromatic carbocycles. The van der Waals surface area contributed by atoms with E-state index in [0.717, 1.165) is 11.1 Å². The van der Waals surface area contributed by atoms with Gasteiger partial charge in [0.05, 0.1) is 10.9 Å². The van der Waals surface area contributed by atoms with Gasteiger partial charge in [0.15, 0.2) is 0 Å². The molecule has 0 saturated carbocycles. The van der Waals surface area contributed by atoms with Crippen LogP contribution in [-0.2, 0) is 11.3 Å². The highest BCUT2D eigenvalue weighted by Crippen LogP contribution is 2.16. The summed E-state index contributed by atoms with van der Waals surface area (Å²) in [7, 11) is 0. The minimum Gasteiger partial charge on any atom is -0.324 e. The Morgan fingerprint density at radius 3 is 2.50 bits per heavy atom. The zero-order valence-electron chi connectivity index (χ0n) is 16.7. The number of fused-ring (bicyclic) bond motifs is 1. The summed E-state index contributed by atoms with van der Waals surface area (Å²) in [5.74, 6) is -0.312. The predicted molar refractivity (Wildman–Crippen MR) is 112 cm³/mol. The number of amides is 1. The number of aryl methyl sites for hydroxylation is 2. The Hall–Kier alpha value is -3.15. The predicted octanol–water partition coefficient (Wildman–Crippen LogP) is 3.39. The standard InChI is InChI=1S/C22H25N3O3/c1-5-16(4)25-21(27)17-8-6-7-9-19(17)24(22(25)28)13-20(26)23-18-11-10-14(2)12-15(18)3/h6-12,16H,5,13H2,1-4H3,(H,23,26)/t16-/m0/s1. The zero-order chi connectivity index (χ0) is 20.4. The molecular weight excluding hydrogens is 354 g/mol. The molecule has 1 aromatic heterocycles. The van der Waals surface area contributed by atoms with Crippen LogP contribution in [0.5, 0.6) is 0 Å². The molecule has 0 unspecified atom stereocenters. The van der Waals surface area contributed by atoms with Crippen LogP contribution < -0.4 is 16.6 Å². The molecule has 1 amide bonds. The van der Waals surface area contributed by atoms with Gasteiger partial charge in [-0.1, -0.05) is 36.8 Å². The van der Waals surface area contributed by atoms with Gasteiger partial charge in [-0.05, 0) is 51.0 Å². The molecule has 6 heteroatoms. The molecule has 0 spiro atoms. The Balaban J connectivity index is 2.06. The molecule has 0 radical (unpaired) electrons. The summed E-state index contributed by atoms with van der Waals surface area (Å²) in [4.78, 5) is 38.5. The topological polar surface area (TPSA) is 73.1 Å². The van der Waals surface area contributed by atoms with Crippen LogP contribution >= 0.6 is 0 Å². The molecule has 0 aliphatic carbocycles. The number of para-hydroxylation sites is 1. The Morgan fingerprint density at radius 1 is 1.11 bits per heavy atom. The third kappa shape index (κ3) is 3.63. The van der Waals surface area contributed by atoms with E-state index in [1.165, 1.54) is 9.13 Å². The van der Waals surface area contributed by atoms with Crippen molar-refractivity contribution >= 4 is 22.5 Å². The van der Waals surface area contributed by atoms with Crippen LogP contribution in [0.25, 0.3) is 10.9 Å². The van der Waals surface area contributed by atoms with E-state index in [0.29, 0.717) is 23.0 Å². The van der Waals surface area contributed by atoms with Crippen molar-refractivity contribution in [2.24, 2.45) is 0 Å². The Morgan fingerprint density at radius 2 is 1.82 bits per heavy atom. The number of carbonyl (C=O) groups excluding carboxylic acids is 1. The molecule has 146 valence electrons. The summed E-state index contributed by atoms with van der Waals surface area (Å²) in [5, 5.41) is 3.30. The third-order valence-electron chi connectivity index (χ3n) is 5.07. The van der Waals surface area contributed by atoms with Gasteiger partial charge in [-0.2, -0.15) is 0 Å². The van der Waals surface area contributed by atoms with E-state index in [9.17, 15) is 14.4 Å². The first-order chi connectivity index (χ1) is 13.3. The molecule has 0 aliphatic rings. The van der Waals surface area contributed by atoms with Crippen LogP contribution in [0.3, 0.4) is 0 Å². The molecule has 3 aromatic rings. The van der Waals surface area contributed by atoms with Gasteiger partial charge in [-0.25, -0.2) is 4.79 Å². The highest BCUT2D eigenvalue weighted by atomic mass is 16.2. The fourth-order valence-corrected chi connectivity index (χ4v) is 3.35. The number of nitrogens with zero attached hydrogens (tertiary/aromatic N) is 2. The smallest absolute Gasteiger partial charge is 0.324 e. The largest absolute Gasteiger partial charge is 0.332 e. The van der Waals surface area contributed by atoms with Crippen molar-refractivity contribution in [3.8, 4) is 0 Å². The summed E-state index contributed by atoms with van der Waals surface area (Å²) in [5.41, 5.74) is 2.46. The van der Waals surface area contributed by atoms with Gasteiger partial charge >= 0.3 is 5.69 Å². The SMILES string of the molecule is CC[C@H](C)n1c(=O)c2ccccc2n(CC(=O)Nc2ccc(C)cc2C)c1=O. The van der Waals surface area contributed by atoms with E-state index in [4.69, 9.17) is 0 Å². The lowest BCUT2D eigenvalue weighted by Gasteiger charge is -2.17. The van der Waals surface area contributed by atoms with E-state index < -0.39 is 5.69 Å². The molecule has 0 aliphatic heterocycles. The molecule has 1 atom stereocenters. The second-order valence-corrected chi connectivity index (χ2v) is 7.18. The van der Waals surface area contributed by atoms with Gasteiger partial charge in [0, 0.05) is 11.7 Å². The lowest BCUT2D eigenvalue weighted by Crippen LogP contribution is -2.43. The summed E-state index contributed by atoms with van der Waals surface area (Å²) in [6.07, 6.45) is 0.641. The summed E-state index contributed by atoms with van der Waals surface area (Å²) in [6, 6.07) is 12.4. The van der Waals surface area contributed by atoms with E-state index in [2.05, 4.69) is 5.32 Å². The zero-order valence-corrected chi connectivity index (χ0v) is 16.7. The quantitative estimate of drug-likeness (QED) is 0.738. The average molecular weight is 379 g/mol. The molecule has 0 bridgehead atoms. The van der Waals surface area contributed by atoms with Crippen molar-refractivity contribution < 1.29 is 4.79 Å². The van der Waals surface area contributed by atoms with Crippen LogP contribution in [0.1, 0.15) is 37.4 Å². The van der Waals surface area contributed by atoms with Gasteiger partial charge in [0.1, 0.15) is 6.54 Å². The first-order valence-corrected chi connectivity index (χ1v) is 9.44. The molecule has 3 rings (SSSR count). The molecule has 6 nitrogen and oxygen atoms in total. The highest BCUT2D eigenvalue weighted by Gasteiger charge is 2.18. The first kappa shape index (κ1) is 19.6. The molecule has 0 fully saturated rings. The molecule has 0 saturated heterocycles. The number of anilines is 1. The van der Waals surface area contributed by atoms with Crippen molar-refractivity contribution in [3.63, 3.8) is 0 Å². The van der Waals surface area contributed by atoms with Crippen molar-refractivity contribution in [2.45, 2.75) is 46.7 Å². The summed E-state index contributed by atoms with van der Waals surface area (Å²) >= 11 is 0. The second-order valence-electron chi connectivity index (χ2n) is 7.18. The number of carbonyl (C=O) groups is 1. The number of benzene rings is 2. The van der Waals surface area contributed by atoms with Gasteiger partial charge < -0.3 is 5.32 Å². The van der Waals surface area contributed by atoms with Crippen molar-refractivity contribution in [1.29, 1.82) is 0 Å². The molecular formula is C22H25N3O3. The Kier molecular flexibility index (Phi) is 5.49. The fraction of sp³-hybridized carbons (Fsp3) is 0.318. The number of hydrogen-bond acceptors (Lipinski definition) is 3. The van der Waals surface area contributed by atoms with Crippen molar-refractivity contribution in [2.75, 3.05) is 5.32 Å². The van der Waals surface area contributed by atoms with E-state index in [1.54, 1.807) is 24.3 Å². The minimum atomic E-state index is -0.464. The maximum absolute atomic E-state index is 13.0. The number of nitrogens with one attached hydrogen (secondary N) is 1. The fourth-order valence-electron chi connectivity index (χ4n) is 3.35. The first-order valence-electron chi connectivity index (χ1n) is 9.44. The van der Waals surface area contributed by atoms with Crippen LogP contribution in [0, 0.1) is 13.8 Å². The Labute approximate surface area is 163 Å². The Bertz CT molecular complexity index is 1160. The monoisotopic (exact) mass is 379 g/mol. The van der Waals surface area contributed by atoms with Crippen LogP contribution in [-0.4, -0.2) is 15.0 Å². The van der Waals surface area contributed by atoms with Gasteiger partial charge in [-0.3, -0.25) is 18.7 Å². The number of aromatic nitrogens is 2. The van der Waals surface area contributed by atoms with Crippen molar-refractivity contribution in [1.82, 2.24) is 9.13 Å². The van der Waals surface area contributed by atoms with E-state index >= 15 is 0 Å². The third-order valence-corrected chi connectivity index (χ3v) is 5.07. The normalized spacial score (nSPS) is 12.1. The lowest BCUT2D eigenvalue weighted by atomic mass is 10.1. The summed E-state index contributed by atoms with van der Waals surface area (Å²) < 4.78 is 2.62. The van der Waals surface area contributed by atoms with Crippen LogP contribution in [0.4, 0.5) is 5.69 Å².